The Kier molecular flexibility index (Phi) is 3.76. The summed E-state index contributed by atoms with van der Waals surface area (Å²) in [4.78, 5) is 34.7. The minimum atomic E-state index is -0.732. The number of anilines is 1. The highest BCUT2D eigenvalue weighted by Gasteiger charge is 2.30. The Morgan fingerprint density at radius 2 is 1.65 bits per heavy atom. The van der Waals surface area contributed by atoms with E-state index in [9.17, 15) is 18.8 Å². The molecule has 2 aromatic carbocycles. The van der Waals surface area contributed by atoms with Crippen molar-refractivity contribution in [3.05, 3.63) is 65.5 Å². The van der Waals surface area contributed by atoms with E-state index in [0.717, 1.165) is 0 Å². The smallest absolute Gasteiger partial charge is 0.322 e. The standard InChI is InChI=1S/C16H12FN3O3/c17-11-5-1-10(2-6-11)14(21)18-12-7-3-9(4-8-12)13-15(22)20-16(23)19-13/h1-8,13H,(H,18,21)(H2,19,20,22,23). The Bertz CT molecular complexity index is 772. The summed E-state index contributed by atoms with van der Waals surface area (Å²) in [7, 11) is 0. The van der Waals surface area contributed by atoms with Gasteiger partial charge in [0.2, 0.25) is 0 Å². The monoisotopic (exact) mass is 313 g/mol. The average Bonchev–Trinajstić information content (AvgIpc) is 2.87. The molecular weight excluding hydrogens is 301 g/mol. The number of carbonyl (C=O) groups excluding carboxylic acids is 3. The molecule has 1 unspecified atom stereocenters. The largest absolute Gasteiger partial charge is 0.322 e. The van der Waals surface area contributed by atoms with Gasteiger partial charge >= 0.3 is 6.03 Å². The van der Waals surface area contributed by atoms with E-state index in [2.05, 4.69) is 16.0 Å². The van der Waals surface area contributed by atoms with E-state index in [-0.39, 0.29) is 5.91 Å². The molecule has 4 amide bonds. The van der Waals surface area contributed by atoms with Crippen molar-refractivity contribution in [2.45, 2.75) is 6.04 Å². The van der Waals surface area contributed by atoms with Crippen LogP contribution in [0, 0.1) is 5.82 Å². The van der Waals surface area contributed by atoms with Crippen molar-refractivity contribution in [2.24, 2.45) is 0 Å². The lowest BCUT2D eigenvalue weighted by Crippen LogP contribution is -2.22. The van der Waals surface area contributed by atoms with E-state index in [1.807, 2.05) is 0 Å². The lowest BCUT2D eigenvalue weighted by atomic mass is 10.1. The van der Waals surface area contributed by atoms with E-state index in [1.165, 1.54) is 24.3 Å². The molecule has 2 aromatic rings. The number of halogens is 1. The zero-order valence-electron chi connectivity index (χ0n) is 11.8. The first-order chi connectivity index (χ1) is 11.0. The number of amides is 4. The summed E-state index contributed by atoms with van der Waals surface area (Å²) < 4.78 is 12.8. The second-order valence-corrected chi connectivity index (χ2v) is 4.98. The van der Waals surface area contributed by atoms with Gasteiger partial charge in [0.25, 0.3) is 11.8 Å². The normalized spacial score (nSPS) is 16.7. The number of hydrogen-bond donors (Lipinski definition) is 3. The van der Waals surface area contributed by atoms with Gasteiger partial charge in [-0.1, -0.05) is 12.1 Å². The van der Waals surface area contributed by atoms with Crippen LogP contribution in [0.25, 0.3) is 0 Å². The summed E-state index contributed by atoms with van der Waals surface area (Å²) in [6.45, 7) is 0. The molecule has 7 heteroatoms. The van der Waals surface area contributed by atoms with Crippen molar-refractivity contribution >= 4 is 23.5 Å². The van der Waals surface area contributed by atoms with Crippen LogP contribution < -0.4 is 16.0 Å². The van der Waals surface area contributed by atoms with Crippen LogP contribution >= 0.6 is 0 Å². The maximum absolute atomic E-state index is 12.8. The van der Waals surface area contributed by atoms with Crippen LogP contribution in [0.3, 0.4) is 0 Å². The Balaban J connectivity index is 1.70. The maximum atomic E-state index is 12.8. The van der Waals surface area contributed by atoms with Gasteiger partial charge in [0, 0.05) is 11.3 Å². The summed E-state index contributed by atoms with van der Waals surface area (Å²) in [6, 6.07) is 10.4. The Morgan fingerprint density at radius 1 is 1.00 bits per heavy atom. The van der Waals surface area contributed by atoms with Gasteiger partial charge in [0.15, 0.2) is 0 Å². The molecular formula is C16H12FN3O3. The van der Waals surface area contributed by atoms with Crippen LogP contribution in [0.1, 0.15) is 22.0 Å². The zero-order chi connectivity index (χ0) is 16.4. The van der Waals surface area contributed by atoms with Gasteiger partial charge in [-0.05, 0) is 42.0 Å². The number of imide groups is 1. The van der Waals surface area contributed by atoms with Crippen LogP contribution in [0.5, 0.6) is 0 Å². The van der Waals surface area contributed by atoms with Crippen LogP contribution in [-0.2, 0) is 4.79 Å². The topological polar surface area (TPSA) is 87.3 Å². The minimum absolute atomic E-state index is 0.331. The average molecular weight is 313 g/mol. The molecule has 1 atom stereocenters. The minimum Gasteiger partial charge on any atom is -0.322 e. The molecule has 23 heavy (non-hydrogen) atoms. The lowest BCUT2D eigenvalue weighted by Gasteiger charge is -2.09. The van der Waals surface area contributed by atoms with Gasteiger partial charge in [-0.25, -0.2) is 9.18 Å². The molecule has 3 rings (SSSR count). The van der Waals surface area contributed by atoms with Gasteiger partial charge < -0.3 is 10.6 Å². The van der Waals surface area contributed by atoms with Crippen LogP contribution in [0.15, 0.2) is 48.5 Å². The van der Waals surface area contributed by atoms with Crippen LogP contribution in [0.2, 0.25) is 0 Å². The highest BCUT2D eigenvalue weighted by Crippen LogP contribution is 2.19. The van der Waals surface area contributed by atoms with E-state index in [0.29, 0.717) is 16.8 Å². The lowest BCUT2D eigenvalue weighted by molar-refractivity contribution is -0.120. The summed E-state index contributed by atoms with van der Waals surface area (Å²) >= 11 is 0. The number of nitrogens with one attached hydrogen (secondary N) is 3. The molecule has 1 saturated heterocycles. The molecule has 1 aliphatic rings. The molecule has 116 valence electrons. The molecule has 6 nitrogen and oxygen atoms in total. The third kappa shape index (κ3) is 3.18. The molecule has 0 saturated carbocycles. The highest BCUT2D eigenvalue weighted by atomic mass is 19.1. The van der Waals surface area contributed by atoms with Crippen molar-refractivity contribution in [2.75, 3.05) is 5.32 Å². The molecule has 1 aliphatic heterocycles. The van der Waals surface area contributed by atoms with Crippen molar-refractivity contribution in [3.63, 3.8) is 0 Å². The molecule has 0 radical (unpaired) electrons. The van der Waals surface area contributed by atoms with Gasteiger partial charge in [-0.15, -0.1) is 0 Å². The third-order valence-corrected chi connectivity index (χ3v) is 3.38. The van der Waals surface area contributed by atoms with Crippen molar-refractivity contribution in [3.8, 4) is 0 Å². The van der Waals surface area contributed by atoms with Crippen molar-refractivity contribution in [1.82, 2.24) is 10.6 Å². The van der Waals surface area contributed by atoms with Crippen LogP contribution in [0.4, 0.5) is 14.9 Å². The second kappa shape index (κ2) is 5.88. The number of urea groups is 1. The van der Waals surface area contributed by atoms with E-state index >= 15 is 0 Å². The first-order valence-corrected chi connectivity index (χ1v) is 6.81. The zero-order valence-corrected chi connectivity index (χ0v) is 11.8. The number of hydrogen-bond acceptors (Lipinski definition) is 3. The predicted octanol–water partition coefficient (Wildman–Crippen LogP) is 1.96. The van der Waals surface area contributed by atoms with Gasteiger partial charge in [-0.3, -0.25) is 14.9 Å². The van der Waals surface area contributed by atoms with Crippen molar-refractivity contribution in [1.29, 1.82) is 0 Å². The fourth-order valence-corrected chi connectivity index (χ4v) is 2.21. The predicted molar refractivity (Wildman–Crippen MR) is 80.2 cm³/mol. The Labute approximate surface area is 130 Å². The molecule has 1 fully saturated rings. The third-order valence-electron chi connectivity index (χ3n) is 3.38. The number of carbonyl (C=O) groups is 3. The molecule has 0 bridgehead atoms. The van der Waals surface area contributed by atoms with Gasteiger partial charge in [-0.2, -0.15) is 0 Å². The summed E-state index contributed by atoms with van der Waals surface area (Å²) in [5, 5.41) is 7.30. The fourth-order valence-electron chi connectivity index (χ4n) is 2.21. The summed E-state index contributed by atoms with van der Waals surface area (Å²) in [5.74, 6) is -1.20. The Morgan fingerprint density at radius 3 is 2.22 bits per heavy atom. The van der Waals surface area contributed by atoms with Gasteiger partial charge in [0.1, 0.15) is 11.9 Å². The van der Waals surface area contributed by atoms with Gasteiger partial charge in [0.05, 0.1) is 0 Å². The van der Waals surface area contributed by atoms with Crippen LogP contribution in [-0.4, -0.2) is 17.8 Å². The quantitative estimate of drug-likeness (QED) is 0.757. The van der Waals surface area contributed by atoms with E-state index < -0.39 is 23.8 Å². The van der Waals surface area contributed by atoms with E-state index in [1.54, 1.807) is 24.3 Å². The number of rotatable bonds is 3. The Hall–Kier alpha value is -3.22. The van der Waals surface area contributed by atoms with Crippen molar-refractivity contribution < 1.29 is 18.8 Å². The molecule has 0 spiro atoms. The molecule has 1 heterocycles. The molecule has 3 N–H and O–H groups in total. The molecule has 0 aromatic heterocycles. The highest BCUT2D eigenvalue weighted by molar-refractivity contribution is 6.05. The summed E-state index contributed by atoms with van der Waals surface area (Å²) in [5.41, 5.74) is 1.46. The second-order valence-electron chi connectivity index (χ2n) is 4.98. The maximum Gasteiger partial charge on any atom is 0.322 e. The summed E-state index contributed by atoms with van der Waals surface area (Å²) in [6.07, 6.45) is 0. The molecule has 0 aliphatic carbocycles. The van der Waals surface area contributed by atoms with E-state index in [4.69, 9.17) is 0 Å². The SMILES string of the molecule is O=C1NC(=O)C(c2ccc(NC(=O)c3ccc(F)cc3)cc2)N1. The first kappa shape index (κ1) is 14.7. The first-order valence-electron chi connectivity index (χ1n) is 6.81. The number of benzene rings is 2. The fraction of sp³-hybridized carbons (Fsp3) is 0.0625.